The normalized spacial score (nSPS) is 11.7. The second kappa shape index (κ2) is 4.58. The topological polar surface area (TPSA) is 21.3 Å². The van der Waals surface area contributed by atoms with Gasteiger partial charge in [-0.15, -0.1) is 0 Å². The van der Waals surface area contributed by atoms with E-state index in [0.717, 1.165) is 6.54 Å². The van der Waals surface area contributed by atoms with Crippen LogP contribution in [0, 0.1) is 6.92 Å². The average molecular weight is 193 g/mol. The molecule has 0 atom stereocenters. The first-order valence-electron chi connectivity index (χ1n) is 4.94. The Morgan fingerprint density at radius 2 is 2.00 bits per heavy atom. The molecule has 0 bridgehead atoms. The first kappa shape index (κ1) is 11.2. The van der Waals surface area contributed by atoms with Crippen LogP contribution < -0.4 is 5.48 Å². The molecule has 0 spiro atoms. The molecule has 0 aromatic heterocycles. The van der Waals surface area contributed by atoms with Gasteiger partial charge in [-0.1, -0.05) is 29.8 Å². The van der Waals surface area contributed by atoms with Crippen LogP contribution >= 0.6 is 0 Å². The van der Waals surface area contributed by atoms with Crippen molar-refractivity contribution in [1.82, 2.24) is 5.48 Å². The van der Waals surface area contributed by atoms with Crippen LogP contribution in [-0.2, 0) is 11.4 Å². The summed E-state index contributed by atoms with van der Waals surface area (Å²) < 4.78 is 0. The summed E-state index contributed by atoms with van der Waals surface area (Å²) in [6, 6.07) is 8.39. The molecule has 1 N–H and O–H groups in total. The second-order valence-electron chi connectivity index (χ2n) is 4.52. The molecule has 0 aliphatic carbocycles. The highest BCUT2D eigenvalue weighted by atomic mass is 16.7. The maximum absolute atomic E-state index is 5.42. The maximum Gasteiger partial charge on any atom is 0.0813 e. The van der Waals surface area contributed by atoms with Crippen LogP contribution in [0.2, 0.25) is 0 Å². The smallest absolute Gasteiger partial charge is 0.0813 e. The molecule has 0 aliphatic heterocycles. The van der Waals surface area contributed by atoms with Gasteiger partial charge in [-0.3, -0.25) is 4.84 Å². The highest BCUT2D eigenvalue weighted by Gasteiger charge is 2.09. The van der Waals surface area contributed by atoms with Crippen molar-refractivity contribution < 1.29 is 4.84 Å². The lowest BCUT2D eigenvalue weighted by molar-refractivity contribution is -0.0757. The van der Waals surface area contributed by atoms with Gasteiger partial charge >= 0.3 is 0 Å². The molecular weight excluding hydrogens is 174 g/mol. The van der Waals surface area contributed by atoms with E-state index in [9.17, 15) is 0 Å². The Morgan fingerprint density at radius 1 is 1.29 bits per heavy atom. The summed E-state index contributed by atoms with van der Waals surface area (Å²) in [5, 5.41) is 0. The van der Waals surface area contributed by atoms with E-state index in [1.807, 2.05) is 20.8 Å². The lowest BCUT2D eigenvalue weighted by atomic mass is 10.1. The van der Waals surface area contributed by atoms with Gasteiger partial charge in [0.15, 0.2) is 0 Å². The van der Waals surface area contributed by atoms with Crippen molar-refractivity contribution in [3.8, 4) is 0 Å². The van der Waals surface area contributed by atoms with Gasteiger partial charge in [0.2, 0.25) is 0 Å². The van der Waals surface area contributed by atoms with Crippen LogP contribution in [0.1, 0.15) is 31.9 Å². The first-order valence-corrected chi connectivity index (χ1v) is 4.94. The highest BCUT2D eigenvalue weighted by molar-refractivity contribution is 5.21. The standard InChI is InChI=1S/C12H19NO/c1-10-6-5-7-11(8-10)9-13-14-12(2,3)4/h5-8,13H,9H2,1-4H3. The number of rotatable bonds is 3. The van der Waals surface area contributed by atoms with Crippen molar-refractivity contribution in [2.75, 3.05) is 0 Å². The number of aryl methyl sites for hydroxylation is 1. The molecular formula is C12H19NO. The SMILES string of the molecule is Cc1cccc(CNOC(C)(C)C)c1. The minimum atomic E-state index is -0.135. The number of hydroxylamine groups is 1. The summed E-state index contributed by atoms with van der Waals surface area (Å²) in [4.78, 5) is 5.42. The van der Waals surface area contributed by atoms with Gasteiger partial charge in [0.1, 0.15) is 0 Å². The molecule has 0 saturated carbocycles. The third-order valence-corrected chi connectivity index (χ3v) is 1.74. The lowest BCUT2D eigenvalue weighted by Crippen LogP contribution is -2.28. The van der Waals surface area contributed by atoms with Gasteiger partial charge in [0.25, 0.3) is 0 Å². The number of hydrogen-bond donors (Lipinski definition) is 1. The average Bonchev–Trinajstić information content (AvgIpc) is 2.01. The Morgan fingerprint density at radius 3 is 2.57 bits per heavy atom. The van der Waals surface area contributed by atoms with Crippen LogP contribution in [0.15, 0.2) is 24.3 Å². The fraction of sp³-hybridized carbons (Fsp3) is 0.500. The van der Waals surface area contributed by atoms with E-state index in [1.54, 1.807) is 0 Å². The number of nitrogens with one attached hydrogen (secondary N) is 1. The summed E-state index contributed by atoms with van der Waals surface area (Å²) in [6.07, 6.45) is 0. The second-order valence-corrected chi connectivity index (χ2v) is 4.52. The molecule has 0 fully saturated rings. The zero-order chi connectivity index (χ0) is 10.6. The Labute approximate surface area is 86.2 Å². The molecule has 0 amide bonds. The van der Waals surface area contributed by atoms with Gasteiger partial charge < -0.3 is 0 Å². The molecule has 1 aromatic carbocycles. The van der Waals surface area contributed by atoms with Crippen molar-refractivity contribution >= 4 is 0 Å². The van der Waals surface area contributed by atoms with Gasteiger partial charge in [-0.2, -0.15) is 5.48 Å². The summed E-state index contributed by atoms with van der Waals surface area (Å²) in [5.74, 6) is 0. The minimum Gasteiger partial charge on any atom is -0.296 e. The Kier molecular flexibility index (Phi) is 3.67. The van der Waals surface area contributed by atoms with E-state index < -0.39 is 0 Å². The highest BCUT2D eigenvalue weighted by Crippen LogP contribution is 2.06. The van der Waals surface area contributed by atoms with E-state index in [2.05, 4.69) is 36.7 Å². The molecule has 14 heavy (non-hydrogen) atoms. The third kappa shape index (κ3) is 4.40. The molecule has 2 nitrogen and oxygen atoms in total. The monoisotopic (exact) mass is 193 g/mol. The van der Waals surface area contributed by atoms with Gasteiger partial charge in [-0.25, -0.2) is 0 Å². The zero-order valence-corrected chi connectivity index (χ0v) is 9.42. The summed E-state index contributed by atoms with van der Waals surface area (Å²) >= 11 is 0. The molecule has 0 saturated heterocycles. The van der Waals surface area contributed by atoms with Crippen LogP contribution in [0.5, 0.6) is 0 Å². The molecule has 1 aromatic rings. The van der Waals surface area contributed by atoms with Crippen molar-refractivity contribution in [3.05, 3.63) is 35.4 Å². The van der Waals surface area contributed by atoms with Gasteiger partial charge in [-0.05, 0) is 33.3 Å². The van der Waals surface area contributed by atoms with E-state index in [1.165, 1.54) is 11.1 Å². The summed E-state index contributed by atoms with van der Waals surface area (Å²) in [7, 11) is 0. The summed E-state index contributed by atoms with van der Waals surface area (Å²) in [6.45, 7) is 8.91. The van der Waals surface area contributed by atoms with E-state index in [4.69, 9.17) is 4.84 Å². The lowest BCUT2D eigenvalue weighted by Gasteiger charge is -2.19. The van der Waals surface area contributed by atoms with Gasteiger partial charge in [0, 0.05) is 6.54 Å². The van der Waals surface area contributed by atoms with Crippen molar-refractivity contribution in [3.63, 3.8) is 0 Å². The van der Waals surface area contributed by atoms with Crippen LogP contribution in [0.4, 0.5) is 0 Å². The fourth-order valence-electron chi connectivity index (χ4n) is 1.16. The molecule has 78 valence electrons. The Hall–Kier alpha value is -0.860. The largest absolute Gasteiger partial charge is 0.296 e. The Balaban J connectivity index is 2.39. The molecule has 0 heterocycles. The van der Waals surface area contributed by atoms with Crippen LogP contribution in [-0.4, -0.2) is 5.60 Å². The fourth-order valence-corrected chi connectivity index (χ4v) is 1.16. The first-order chi connectivity index (χ1) is 6.47. The Bertz CT molecular complexity index is 289. The van der Waals surface area contributed by atoms with E-state index in [0.29, 0.717) is 0 Å². The molecule has 1 rings (SSSR count). The van der Waals surface area contributed by atoms with Crippen LogP contribution in [0.3, 0.4) is 0 Å². The minimum absolute atomic E-state index is 0.135. The maximum atomic E-state index is 5.42. The molecule has 0 radical (unpaired) electrons. The molecule has 0 unspecified atom stereocenters. The number of benzene rings is 1. The predicted molar refractivity (Wildman–Crippen MR) is 58.9 cm³/mol. The quantitative estimate of drug-likeness (QED) is 0.745. The van der Waals surface area contributed by atoms with Crippen molar-refractivity contribution in [2.45, 2.75) is 39.8 Å². The van der Waals surface area contributed by atoms with Crippen molar-refractivity contribution in [1.29, 1.82) is 0 Å². The van der Waals surface area contributed by atoms with Crippen LogP contribution in [0.25, 0.3) is 0 Å². The third-order valence-electron chi connectivity index (χ3n) is 1.74. The number of hydrogen-bond acceptors (Lipinski definition) is 2. The van der Waals surface area contributed by atoms with E-state index >= 15 is 0 Å². The van der Waals surface area contributed by atoms with Gasteiger partial charge in [0.05, 0.1) is 5.60 Å². The van der Waals surface area contributed by atoms with Crippen molar-refractivity contribution in [2.24, 2.45) is 0 Å². The van der Waals surface area contributed by atoms with E-state index in [-0.39, 0.29) is 5.60 Å². The predicted octanol–water partition coefficient (Wildman–Crippen LogP) is 2.81. The molecule has 2 heteroatoms. The molecule has 0 aliphatic rings. The summed E-state index contributed by atoms with van der Waals surface area (Å²) in [5.41, 5.74) is 5.36. The zero-order valence-electron chi connectivity index (χ0n) is 9.42.